The summed E-state index contributed by atoms with van der Waals surface area (Å²) in [4.78, 5) is 8.04. The number of aromatic nitrogens is 2. The minimum Gasteiger partial charge on any atom is -0.372 e. The third-order valence-corrected chi connectivity index (χ3v) is 3.27. The van der Waals surface area contributed by atoms with Gasteiger partial charge in [-0.3, -0.25) is 0 Å². The van der Waals surface area contributed by atoms with Crippen LogP contribution in [-0.4, -0.2) is 17.0 Å². The third-order valence-electron chi connectivity index (χ3n) is 2.23. The highest BCUT2D eigenvalue weighted by molar-refractivity contribution is 9.10. The van der Waals surface area contributed by atoms with Crippen molar-refractivity contribution in [3.05, 3.63) is 39.8 Å². The van der Waals surface area contributed by atoms with E-state index in [2.05, 4.69) is 36.5 Å². The molecule has 0 bridgehead atoms. The number of hydrogen-bond donors (Lipinski definition) is 2. The molecule has 0 aliphatic rings. The predicted molar refractivity (Wildman–Crippen MR) is 74.0 cm³/mol. The smallest absolute Gasteiger partial charge is 0.165 e. The van der Waals surface area contributed by atoms with E-state index in [4.69, 9.17) is 11.6 Å². The molecule has 1 heterocycles. The monoisotopic (exact) mass is 330 g/mol. The summed E-state index contributed by atoms with van der Waals surface area (Å²) >= 11 is 9.04. The first-order chi connectivity index (χ1) is 8.63. The normalized spacial score (nSPS) is 10.2. The molecular weight excluding hydrogens is 323 g/mol. The number of anilines is 3. The fraction of sp³-hybridized carbons (Fsp3) is 0.0909. The number of halogens is 3. The molecule has 1 aromatic heterocycles. The van der Waals surface area contributed by atoms with Crippen LogP contribution in [0.25, 0.3) is 0 Å². The van der Waals surface area contributed by atoms with Gasteiger partial charge >= 0.3 is 0 Å². The van der Waals surface area contributed by atoms with Crippen LogP contribution in [0.5, 0.6) is 0 Å². The largest absolute Gasteiger partial charge is 0.372 e. The summed E-state index contributed by atoms with van der Waals surface area (Å²) in [5.41, 5.74) is 0.254. The van der Waals surface area contributed by atoms with Crippen molar-refractivity contribution >= 4 is 44.9 Å². The molecule has 2 rings (SSSR count). The van der Waals surface area contributed by atoms with Crippen molar-refractivity contribution in [2.24, 2.45) is 0 Å². The molecule has 1 aromatic carbocycles. The van der Waals surface area contributed by atoms with E-state index >= 15 is 0 Å². The van der Waals surface area contributed by atoms with Gasteiger partial charge in [0.05, 0.1) is 10.7 Å². The summed E-state index contributed by atoms with van der Waals surface area (Å²) in [6.07, 6.45) is 1.38. The molecule has 0 spiro atoms. The van der Waals surface area contributed by atoms with Gasteiger partial charge < -0.3 is 10.6 Å². The highest BCUT2D eigenvalue weighted by atomic mass is 79.9. The number of nitrogens with zero attached hydrogens (tertiary/aromatic N) is 2. The zero-order valence-corrected chi connectivity index (χ0v) is 11.7. The second kappa shape index (κ2) is 5.49. The Balaban J connectivity index is 2.37. The van der Waals surface area contributed by atoms with Gasteiger partial charge in [0.2, 0.25) is 0 Å². The van der Waals surface area contributed by atoms with E-state index in [0.29, 0.717) is 16.1 Å². The zero-order chi connectivity index (χ0) is 13.1. The van der Waals surface area contributed by atoms with Gasteiger partial charge in [0.15, 0.2) is 5.82 Å². The van der Waals surface area contributed by atoms with Gasteiger partial charge in [-0.05, 0) is 28.1 Å². The summed E-state index contributed by atoms with van der Waals surface area (Å²) in [7, 11) is 1.73. The molecule has 0 radical (unpaired) electrons. The molecule has 0 aliphatic heterocycles. The van der Waals surface area contributed by atoms with Crippen LogP contribution in [0.2, 0.25) is 5.02 Å². The number of hydrogen-bond acceptors (Lipinski definition) is 4. The van der Waals surface area contributed by atoms with E-state index in [-0.39, 0.29) is 10.7 Å². The standard InChI is InChI=1S/C11H9BrClFN4/c1-15-10-8(12)11(17-5-16-10)18-7-4-2-3-6(13)9(7)14/h2-5H,1H3,(H2,15,16,17,18). The summed E-state index contributed by atoms with van der Waals surface area (Å²) in [6.45, 7) is 0. The number of benzene rings is 1. The lowest BCUT2D eigenvalue weighted by atomic mass is 10.3. The zero-order valence-electron chi connectivity index (χ0n) is 9.34. The molecule has 0 amide bonds. The molecule has 0 saturated heterocycles. The van der Waals surface area contributed by atoms with Gasteiger partial charge in [0, 0.05) is 7.05 Å². The van der Waals surface area contributed by atoms with Gasteiger partial charge in [-0.25, -0.2) is 14.4 Å². The van der Waals surface area contributed by atoms with Gasteiger partial charge in [0.25, 0.3) is 0 Å². The maximum absolute atomic E-state index is 13.7. The van der Waals surface area contributed by atoms with Gasteiger partial charge in [-0.15, -0.1) is 0 Å². The average molecular weight is 332 g/mol. The molecule has 0 atom stereocenters. The van der Waals surface area contributed by atoms with E-state index < -0.39 is 5.82 Å². The van der Waals surface area contributed by atoms with Crippen LogP contribution in [0, 0.1) is 5.82 Å². The molecule has 94 valence electrons. The van der Waals surface area contributed by atoms with Crippen molar-refractivity contribution in [3.63, 3.8) is 0 Å². The van der Waals surface area contributed by atoms with Crippen molar-refractivity contribution in [3.8, 4) is 0 Å². The van der Waals surface area contributed by atoms with Crippen LogP contribution in [0.15, 0.2) is 29.0 Å². The lowest BCUT2D eigenvalue weighted by Crippen LogP contribution is -2.01. The summed E-state index contributed by atoms with van der Waals surface area (Å²) in [5.74, 6) is 0.543. The summed E-state index contributed by atoms with van der Waals surface area (Å²) < 4.78 is 14.4. The van der Waals surface area contributed by atoms with Crippen LogP contribution >= 0.6 is 27.5 Å². The van der Waals surface area contributed by atoms with Crippen LogP contribution in [-0.2, 0) is 0 Å². The third kappa shape index (κ3) is 2.54. The first-order valence-electron chi connectivity index (χ1n) is 5.02. The van der Waals surface area contributed by atoms with Crippen molar-refractivity contribution in [2.75, 3.05) is 17.7 Å². The molecule has 0 aliphatic carbocycles. The Hall–Kier alpha value is -1.40. The fourth-order valence-electron chi connectivity index (χ4n) is 1.36. The lowest BCUT2D eigenvalue weighted by Gasteiger charge is -2.10. The van der Waals surface area contributed by atoms with Gasteiger partial charge in [-0.2, -0.15) is 0 Å². The second-order valence-corrected chi connectivity index (χ2v) is 4.56. The molecule has 2 N–H and O–H groups in total. The topological polar surface area (TPSA) is 49.8 Å². The van der Waals surface area contributed by atoms with E-state index in [1.807, 2.05) is 0 Å². The van der Waals surface area contributed by atoms with Crippen LogP contribution in [0.3, 0.4) is 0 Å². The van der Waals surface area contributed by atoms with Crippen molar-refractivity contribution in [1.82, 2.24) is 9.97 Å². The Kier molecular flexibility index (Phi) is 3.98. The molecule has 7 heteroatoms. The molecule has 0 fully saturated rings. The highest BCUT2D eigenvalue weighted by Gasteiger charge is 2.11. The molecular formula is C11H9BrClFN4. The van der Waals surface area contributed by atoms with Crippen molar-refractivity contribution in [1.29, 1.82) is 0 Å². The highest BCUT2D eigenvalue weighted by Crippen LogP contribution is 2.30. The maximum atomic E-state index is 13.7. The Labute approximate surface area is 117 Å². The first-order valence-corrected chi connectivity index (χ1v) is 6.20. The maximum Gasteiger partial charge on any atom is 0.165 e. The Morgan fingerprint density at radius 3 is 2.72 bits per heavy atom. The number of rotatable bonds is 3. The minimum atomic E-state index is -0.518. The van der Waals surface area contributed by atoms with Crippen molar-refractivity contribution in [2.45, 2.75) is 0 Å². The molecule has 0 unspecified atom stereocenters. The van der Waals surface area contributed by atoms with Gasteiger partial charge in [0.1, 0.15) is 22.4 Å². The van der Waals surface area contributed by atoms with Crippen LogP contribution in [0.4, 0.5) is 21.7 Å². The summed E-state index contributed by atoms with van der Waals surface area (Å²) in [5, 5.41) is 5.80. The Bertz CT molecular complexity index is 579. The quantitative estimate of drug-likeness (QED) is 0.898. The Morgan fingerprint density at radius 2 is 2.00 bits per heavy atom. The predicted octanol–water partition coefficient (Wildman–Crippen LogP) is 3.82. The van der Waals surface area contributed by atoms with Crippen molar-refractivity contribution < 1.29 is 4.39 Å². The van der Waals surface area contributed by atoms with E-state index in [1.165, 1.54) is 12.4 Å². The minimum absolute atomic E-state index is 0.0546. The first kappa shape index (κ1) is 13.0. The molecule has 0 saturated carbocycles. The lowest BCUT2D eigenvalue weighted by molar-refractivity contribution is 0.632. The SMILES string of the molecule is CNc1ncnc(Nc2cccc(Cl)c2F)c1Br. The molecule has 4 nitrogen and oxygen atoms in total. The van der Waals surface area contributed by atoms with Crippen LogP contribution < -0.4 is 10.6 Å². The number of nitrogens with one attached hydrogen (secondary N) is 2. The average Bonchev–Trinajstić information content (AvgIpc) is 2.37. The molecule has 18 heavy (non-hydrogen) atoms. The molecule has 2 aromatic rings. The fourth-order valence-corrected chi connectivity index (χ4v) is 2.04. The van der Waals surface area contributed by atoms with E-state index in [0.717, 1.165) is 0 Å². The summed E-state index contributed by atoms with van der Waals surface area (Å²) in [6, 6.07) is 4.72. The van der Waals surface area contributed by atoms with Crippen LogP contribution in [0.1, 0.15) is 0 Å². The Morgan fingerprint density at radius 1 is 1.28 bits per heavy atom. The van der Waals surface area contributed by atoms with E-state index in [9.17, 15) is 4.39 Å². The van der Waals surface area contributed by atoms with Gasteiger partial charge in [-0.1, -0.05) is 17.7 Å². The van der Waals surface area contributed by atoms with E-state index in [1.54, 1.807) is 19.2 Å². The second-order valence-electron chi connectivity index (χ2n) is 3.36.